The molecule has 5 heteroatoms. The Bertz CT molecular complexity index is 705. The van der Waals surface area contributed by atoms with Crippen molar-refractivity contribution in [2.24, 2.45) is 0 Å². The van der Waals surface area contributed by atoms with Gasteiger partial charge in [0.25, 0.3) is 0 Å². The van der Waals surface area contributed by atoms with Crippen LogP contribution in [0.4, 0.5) is 5.82 Å². The number of aromatic nitrogens is 4. The molecule has 0 saturated carbocycles. The number of benzene rings is 1. The summed E-state index contributed by atoms with van der Waals surface area (Å²) in [5.41, 5.74) is 2.01. The molecule has 1 N–H and O–H groups in total. The van der Waals surface area contributed by atoms with Crippen molar-refractivity contribution in [2.45, 2.75) is 26.3 Å². The molecule has 0 saturated heterocycles. The molecule has 1 aromatic carbocycles. The average Bonchev–Trinajstić information content (AvgIpc) is 2.90. The molecule has 3 rings (SSSR count). The van der Waals surface area contributed by atoms with Crippen molar-refractivity contribution in [1.82, 2.24) is 19.8 Å². The van der Waals surface area contributed by atoms with E-state index >= 15 is 0 Å². The maximum Gasteiger partial charge on any atom is 0.178 e. The van der Waals surface area contributed by atoms with E-state index < -0.39 is 0 Å². The highest BCUT2D eigenvalue weighted by Gasteiger charge is 2.08. The maximum atomic E-state index is 4.55. The molecule has 0 radical (unpaired) electrons. The molecule has 0 spiro atoms. The van der Waals surface area contributed by atoms with Gasteiger partial charge in [0.2, 0.25) is 0 Å². The molecular formula is C15H17N5. The first kappa shape index (κ1) is 12.6. The van der Waals surface area contributed by atoms with Crippen LogP contribution in [0, 0.1) is 0 Å². The fourth-order valence-electron chi connectivity index (χ4n) is 2.18. The van der Waals surface area contributed by atoms with E-state index in [4.69, 9.17) is 0 Å². The molecule has 0 fully saturated rings. The molecule has 5 nitrogen and oxygen atoms in total. The third-order valence-corrected chi connectivity index (χ3v) is 3.31. The molecule has 3 aromatic rings. The van der Waals surface area contributed by atoms with Crippen molar-refractivity contribution in [3.63, 3.8) is 0 Å². The van der Waals surface area contributed by atoms with E-state index in [-0.39, 0.29) is 6.04 Å². The van der Waals surface area contributed by atoms with Gasteiger partial charge in [-0.1, -0.05) is 37.3 Å². The summed E-state index contributed by atoms with van der Waals surface area (Å²) in [6, 6.07) is 14.4. The SMILES string of the molecule is CCc1nnc2ccc(N[C@H](C)c3ccccc3)nn12. The molecule has 0 aliphatic heterocycles. The van der Waals surface area contributed by atoms with Gasteiger partial charge < -0.3 is 5.32 Å². The topological polar surface area (TPSA) is 55.1 Å². The zero-order chi connectivity index (χ0) is 13.9. The number of hydrogen-bond donors (Lipinski definition) is 1. The van der Waals surface area contributed by atoms with E-state index in [1.54, 1.807) is 4.52 Å². The number of rotatable bonds is 4. The summed E-state index contributed by atoms with van der Waals surface area (Å²) in [4.78, 5) is 0. The van der Waals surface area contributed by atoms with Gasteiger partial charge in [-0.3, -0.25) is 0 Å². The highest BCUT2D eigenvalue weighted by molar-refractivity contribution is 5.45. The van der Waals surface area contributed by atoms with Crippen molar-refractivity contribution in [3.8, 4) is 0 Å². The molecule has 2 aromatic heterocycles. The van der Waals surface area contributed by atoms with E-state index in [2.05, 4.69) is 39.7 Å². The fourth-order valence-corrected chi connectivity index (χ4v) is 2.18. The summed E-state index contributed by atoms with van der Waals surface area (Å²) in [5, 5.41) is 16.2. The van der Waals surface area contributed by atoms with Crippen molar-refractivity contribution in [2.75, 3.05) is 5.32 Å². The monoisotopic (exact) mass is 267 g/mol. The zero-order valence-corrected chi connectivity index (χ0v) is 11.6. The first-order valence-electron chi connectivity index (χ1n) is 6.80. The van der Waals surface area contributed by atoms with Crippen LogP contribution in [0.3, 0.4) is 0 Å². The Morgan fingerprint density at radius 1 is 1.10 bits per heavy atom. The minimum absolute atomic E-state index is 0.197. The van der Waals surface area contributed by atoms with Crippen molar-refractivity contribution < 1.29 is 0 Å². The fraction of sp³-hybridized carbons (Fsp3) is 0.267. The summed E-state index contributed by atoms with van der Waals surface area (Å²) >= 11 is 0. The molecule has 0 aliphatic rings. The van der Waals surface area contributed by atoms with E-state index in [0.717, 1.165) is 23.7 Å². The third-order valence-electron chi connectivity index (χ3n) is 3.31. The number of hydrogen-bond acceptors (Lipinski definition) is 4. The first-order chi connectivity index (χ1) is 9.78. The molecule has 20 heavy (non-hydrogen) atoms. The van der Waals surface area contributed by atoms with Crippen LogP contribution in [0.15, 0.2) is 42.5 Å². The Morgan fingerprint density at radius 3 is 2.65 bits per heavy atom. The lowest BCUT2D eigenvalue weighted by Crippen LogP contribution is -2.10. The summed E-state index contributed by atoms with van der Waals surface area (Å²) in [5.74, 6) is 1.69. The largest absolute Gasteiger partial charge is 0.362 e. The van der Waals surface area contributed by atoms with Crippen LogP contribution < -0.4 is 5.32 Å². The van der Waals surface area contributed by atoms with Crippen LogP contribution in [0.1, 0.15) is 31.3 Å². The van der Waals surface area contributed by atoms with Gasteiger partial charge in [-0.2, -0.15) is 4.52 Å². The Hall–Kier alpha value is -2.43. The highest BCUT2D eigenvalue weighted by atomic mass is 15.4. The van der Waals surface area contributed by atoms with Crippen LogP contribution in [0.5, 0.6) is 0 Å². The van der Waals surface area contributed by atoms with E-state index in [9.17, 15) is 0 Å². The van der Waals surface area contributed by atoms with Crippen molar-refractivity contribution >= 4 is 11.5 Å². The van der Waals surface area contributed by atoms with E-state index in [1.807, 2.05) is 37.3 Å². The van der Waals surface area contributed by atoms with E-state index in [1.165, 1.54) is 5.56 Å². The number of nitrogens with zero attached hydrogens (tertiary/aromatic N) is 4. The van der Waals surface area contributed by atoms with Crippen LogP contribution in [0.25, 0.3) is 5.65 Å². The van der Waals surface area contributed by atoms with Crippen molar-refractivity contribution in [1.29, 1.82) is 0 Å². The second-order valence-corrected chi connectivity index (χ2v) is 4.74. The average molecular weight is 267 g/mol. The lowest BCUT2D eigenvalue weighted by molar-refractivity contribution is 0.804. The number of aryl methyl sites for hydroxylation is 1. The molecule has 0 unspecified atom stereocenters. The number of fused-ring (bicyclic) bond motifs is 1. The predicted octanol–water partition coefficient (Wildman–Crippen LogP) is 2.86. The molecule has 0 bridgehead atoms. The molecule has 102 valence electrons. The predicted molar refractivity (Wildman–Crippen MR) is 78.6 cm³/mol. The summed E-state index contributed by atoms with van der Waals surface area (Å²) in [6.07, 6.45) is 0.811. The Balaban J connectivity index is 1.87. The smallest absolute Gasteiger partial charge is 0.178 e. The van der Waals surface area contributed by atoms with Gasteiger partial charge in [0.1, 0.15) is 5.82 Å². The zero-order valence-electron chi connectivity index (χ0n) is 11.6. The maximum absolute atomic E-state index is 4.55. The lowest BCUT2D eigenvalue weighted by atomic mass is 10.1. The first-order valence-corrected chi connectivity index (χ1v) is 6.80. The van der Waals surface area contributed by atoms with Crippen LogP contribution in [-0.4, -0.2) is 19.8 Å². The normalized spacial score (nSPS) is 12.5. The van der Waals surface area contributed by atoms with Gasteiger partial charge >= 0.3 is 0 Å². The van der Waals surface area contributed by atoms with Gasteiger partial charge in [-0.25, -0.2) is 0 Å². The molecule has 1 atom stereocenters. The van der Waals surface area contributed by atoms with Gasteiger partial charge in [0.05, 0.1) is 0 Å². The molecular weight excluding hydrogens is 250 g/mol. The second kappa shape index (κ2) is 5.28. The van der Waals surface area contributed by atoms with Crippen molar-refractivity contribution in [3.05, 3.63) is 53.9 Å². The number of nitrogens with one attached hydrogen (secondary N) is 1. The van der Waals surface area contributed by atoms with Gasteiger partial charge in [0.15, 0.2) is 11.5 Å². The second-order valence-electron chi connectivity index (χ2n) is 4.74. The van der Waals surface area contributed by atoms with Gasteiger partial charge in [-0.15, -0.1) is 15.3 Å². The van der Waals surface area contributed by atoms with Crippen LogP contribution in [0.2, 0.25) is 0 Å². The van der Waals surface area contributed by atoms with Crippen LogP contribution in [-0.2, 0) is 6.42 Å². The third kappa shape index (κ3) is 2.34. The molecule has 2 heterocycles. The summed E-state index contributed by atoms with van der Waals surface area (Å²) in [6.45, 7) is 4.17. The Kier molecular flexibility index (Phi) is 3.33. The summed E-state index contributed by atoms with van der Waals surface area (Å²) in [7, 11) is 0. The van der Waals surface area contributed by atoms with Gasteiger partial charge in [-0.05, 0) is 24.6 Å². The summed E-state index contributed by atoms with van der Waals surface area (Å²) < 4.78 is 1.79. The van der Waals surface area contributed by atoms with E-state index in [0.29, 0.717) is 0 Å². The standard InChI is InChI=1S/C15H17N5/c1-3-14-17-18-15-10-9-13(19-20(14)15)16-11(2)12-7-5-4-6-8-12/h4-11H,3H2,1-2H3,(H,16,19)/t11-/m1/s1. The highest BCUT2D eigenvalue weighted by Crippen LogP contribution is 2.17. The Labute approximate surface area is 117 Å². The number of anilines is 1. The lowest BCUT2D eigenvalue weighted by Gasteiger charge is -2.14. The molecule has 0 aliphatic carbocycles. The van der Waals surface area contributed by atoms with Crippen LogP contribution >= 0.6 is 0 Å². The quantitative estimate of drug-likeness (QED) is 0.789. The minimum atomic E-state index is 0.197. The Morgan fingerprint density at radius 2 is 1.90 bits per heavy atom. The molecule has 0 amide bonds. The van der Waals surface area contributed by atoms with Gasteiger partial charge in [0, 0.05) is 12.5 Å². The minimum Gasteiger partial charge on any atom is -0.362 e.